The Hall–Kier alpha value is -1.02. The van der Waals surface area contributed by atoms with E-state index in [0.29, 0.717) is 5.41 Å². The molecule has 2 aliphatic rings. The SMILES string of the molecule is CC[C@@]1(CCCN)Cc2ccc(N3CCCC3)cc2C1. The fourth-order valence-electron chi connectivity index (χ4n) is 4.07. The van der Waals surface area contributed by atoms with E-state index in [2.05, 4.69) is 30.0 Å². The molecule has 0 aromatic heterocycles. The maximum atomic E-state index is 5.73. The van der Waals surface area contributed by atoms with E-state index >= 15 is 0 Å². The van der Waals surface area contributed by atoms with Crippen molar-refractivity contribution in [2.24, 2.45) is 11.1 Å². The minimum Gasteiger partial charge on any atom is -0.372 e. The van der Waals surface area contributed by atoms with Crippen LogP contribution < -0.4 is 10.6 Å². The quantitative estimate of drug-likeness (QED) is 0.888. The fourth-order valence-corrected chi connectivity index (χ4v) is 4.07. The molecule has 2 heteroatoms. The van der Waals surface area contributed by atoms with Gasteiger partial charge >= 0.3 is 0 Å². The summed E-state index contributed by atoms with van der Waals surface area (Å²) in [5.74, 6) is 0. The molecule has 1 heterocycles. The Morgan fingerprint density at radius 1 is 1.15 bits per heavy atom. The van der Waals surface area contributed by atoms with Crippen LogP contribution in [0.3, 0.4) is 0 Å². The lowest BCUT2D eigenvalue weighted by atomic mass is 9.78. The molecule has 0 spiro atoms. The minimum atomic E-state index is 0.491. The first kappa shape index (κ1) is 13.9. The van der Waals surface area contributed by atoms with Crippen molar-refractivity contribution in [2.75, 3.05) is 24.5 Å². The van der Waals surface area contributed by atoms with Crippen molar-refractivity contribution in [3.05, 3.63) is 29.3 Å². The average molecular weight is 272 g/mol. The Labute approximate surface area is 123 Å². The van der Waals surface area contributed by atoms with Gasteiger partial charge in [-0.2, -0.15) is 0 Å². The fraction of sp³-hybridized carbons (Fsp3) is 0.667. The normalized spacial score (nSPS) is 25.2. The zero-order valence-electron chi connectivity index (χ0n) is 12.8. The van der Waals surface area contributed by atoms with E-state index in [1.165, 1.54) is 63.7 Å². The number of hydrogen-bond donors (Lipinski definition) is 1. The summed E-state index contributed by atoms with van der Waals surface area (Å²) in [4.78, 5) is 2.55. The van der Waals surface area contributed by atoms with Gasteiger partial charge in [-0.1, -0.05) is 13.0 Å². The number of nitrogens with zero attached hydrogens (tertiary/aromatic N) is 1. The third-order valence-corrected chi connectivity index (χ3v) is 5.45. The van der Waals surface area contributed by atoms with Crippen LogP contribution in [-0.4, -0.2) is 19.6 Å². The van der Waals surface area contributed by atoms with Gasteiger partial charge in [-0.25, -0.2) is 0 Å². The lowest BCUT2D eigenvalue weighted by molar-refractivity contribution is 0.262. The first-order chi connectivity index (χ1) is 9.76. The van der Waals surface area contributed by atoms with Gasteiger partial charge in [0.1, 0.15) is 0 Å². The highest BCUT2D eigenvalue weighted by Crippen LogP contribution is 2.44. The highest BCUT2D eigenvalue weighted by atomic mass is 15.1. The second-order valence-electron chi connectivity index (χ2n) is 6.75. The van der Waals surface area contributed by atoms with Crippen LogP contribution in [0.15, 0.2) is 18.2 Å². The molecule has 2 N–H and O–H groups in total. The Morgan fingerprint density at radius 2 is 1.90 bits per heavy atom. The number of fused-ring (bicyclic) bond motifs is 1. The molecule has 1 aromatic carbocycles. The molecule has 0 bridgehead atoms. The molecule has 1 aliphatic heterocycles. The summed E-state index contributed by atoms with van der Waals surface area (Å²) in [5, 5.41) is 0. The first-order valence-electron chi connectivity index (χ1n) is 8.33. The highest BCUT2D eigenvalue weighted by molar-refractivity contribution is 5.53. The molecule has 1 fully saturated rings. The standard InChI is InChI=1S/C18H28N2/c1-2-18(8-5-9-19)13-15-6-7-17(12-16(15)14-18)20-10-3-4-11-20/h6-7,12H,2-5,8-11,13-14,19H2,1H3/t18-/m1/s1. The van der Waals surface area contributed by atoms with Gasteiger partial charge in [0.05, 0.1) is 0 Å². The molecule has 0 unspecified atom stereocenters. The number of hydrogen-bond acceptors (Lipinski definition) is 2. The Kier molecular flexibility index (Phi) is 4.02. The van der Waals surface area contributed by atoms with E-state index in [1.54, 1.807) is 11.1 Å². The smallest absolute Gasteiger partial charge is 0.0369 e. The predicted octanol–water partition coefficient (Wildman–Crippen LogP) is 3.52. The van der Waals surface area contributed by atoms with Gasteiger partial charge in [-0.05, 0) is 80.2 Å². The van der Waals surface area contributed by atoms with Crippen molar-refractivity contribution in [2.45, 2.75) is 51.9 Å². The van der Waals surface area contributed by atoms with Gasteiger partial charge in [-0.3, -0.25) is 0 Å². The molecule has 0 amide bonds. The van der Waals surface area contributed by atoms with Crippen LogP contribution in [-0.2, 0) is 12.8 Å². The van der Waals surface area contributed by atoms with E-state index < -0.39 is 0 Å². The van der Waals surface area contributed by atoms with Crippen molar-refractivity contribution in [1.82, 2.24) is 0 Å². The van der Waals surface area contributed by atoms with Gasteiger partial charge in [0.25, 0.3) is 0 Å². The molecular formula is C18H28N2. The molecule has 1 aromatic rings. The van der Waals surface area contributed by atoms with Crippen LogP contribution in [0.4, 0.5) is 5.69 Å². The summed E-state index contributed by atoms with van der Waals surface area (Å²) in [7, 11) is 0. The molecule has 20 heavy (non-hydrogen) atoms. The first-order valence-corrected chi connectivity index (χ1v) is 8.33. The van der Waals surface area contributed by atoms with Crippen LogP contribution in [0.25, 0.3) is 0 Å². The van der Waals surface area contributed by atoms with Crippen LogP contribution in [0.5, 0.6) is 0 Å². The van der Waals surface area contributed by atoms with Crippen molar-refractivity contribution < 1.29 is 0 Å². The van der Waals surface area contributed by atoms with Crippen molar-refractivity contribution in [1.29, 1.82) is 0 Å². The minimum absolute atomic E-state index is 0.491. The molecule has 2 nitrogen and oxygen atoms in total. The maximum Gasteiger partial charge on any atom is 0.0369 e. The lowest BCUT2D eigenvalue weighted by Gasteiger charge is -2.27. The number of anilines is 1. The molecule has 3 rings (SSSR count). The number of rotatable bonds is 5. The third kappa shape index (κ3) is 2.58. The topological polar surface area (TPSA) is 29.3 Å². The second-order valence-corrected chi connectivity index (χ2v) is 6.75. The van der Waals surface area contributed by atoms with Crippen molar-refractivity contribution >= 4 is 5.69 Å². The molecule has 0 saturated carbocycles. The van der Waals surface area contributed by atoms with E-state index in [1.807, 2.05) is 0 Å². The summed E-state index contributed by atoms with van der Waals surface area (Å²) < 4.78 is 0. The van der Waals surface area contributed by atoms with Gasteiger partial charge < -0.3 is 10.6 Å². The van der Waals surface area contributed by atoms with Crippen molar-refractivity contribution in [3.63, 3.8) is 0 Å². The molecule has 1 aliphatic carbocycles. The van der Waals surface area contributed by atoms with Crippen LogP contribution in [0, 0.1) is 5.41 Å². The van der Waals surface area contributed by atoms with Gasteiger partial charge in [0.15, 0.2) is 0 Å². The molecule has 110 valence electrons. The zero-order chi connectivity index (χ0) is 14.0. The van der Waals surface area contributed by atoms with E-state index in [-0.39, 0.29) is 0 Å². The molecule has 0 radical (unpaired) electrons. The van der Waals surface area contributed by atoms with Crippen LogP contribution in [0.1, 0.15) is 50.2 Å². The van der Waals surface area contributed by atoms with E-state index in [4.69, 9.17) is 5.73 Å². The van der Waals surface area contributed by atoms with Gasteiger partial charge in [0.2, 0.25) is 0 Å². The average Bonchev–Trinajstić information content (AvgIpc) is 3.11. The summed E-state index contributed by atoms with van der Waals surface area (Å²) in [6.45, 7) is 5.66. The Bertz CT molecular complexity index is 462. The monoisotopic (exact) mass is 272 g/mol. The summed E-state index contributed by atoms with van der Waals surface area (Å²) in [6.07, 6.45) is 8.97. The zero-order valence-corrected chi connectivity index (χ0v) is 12.8. The molecule has 1 atom stereocenters. The summed E-state index contributed by atoms with van der Waals surface area (Å²) >= 11 is 0. The van der Waals surface area contributed by atoms with E-state index in [9.17, 15) is 0 Å². The lowest BCUT2D eigenvalue weighted by Crippen LogP contribution is -2.21. The second kappa shape index (κ2) is 5.77. The van der Waals surface area contributed by atoms with E-state index in [0.717, 1.165) is 6.54 Å². The molecule has 1 saturated heterocycles. The summed E-state index contributed by atoms with van der Waals surface area (Å²) in [6, 6.07) is 7.21. The van der Waals surface area contributed by atoms with Crippen molar-refractivity contribution in [3.8, 4) is 0 Å². The number of nitrogens with two attached hydrogens (primary N) is 1. The maximum absolute atomic E-state index is 5.73. The largest absolute Gasteiger partial charge is 0.372 e. The predicted molar refractivity (Wildman–Crippen MR) is 86.3 cm³/mol. The van der Waals surface area contributed by atoms with Crippen LogP contribution in [0.2, 0.25) is 0 Å². The molecular weight excluding hydrogens is 244 g/mol. The Balaban J connectivity index is 1.78. The third-order valence-electron chi connectivity index (χ3n) is 5.45. The van der Waals surface area contributed by atoms with Gasteiger partial charge in [-0.15, -0.1) is 0 Å². The van der Waals surface area contributed by atoms with Gasteiger partial charge in [0, 0.05) is 18.8 Å². The summed E-state index contributed by atoms with van der Waals surface area (Å²) in [5.41, 5.74) is 10.9. The number of benzene rings is 1. The Morgan fingerprint density at radius 3 is 2.60 bits per heavy atom. The van der Waals surface area contributed by atoms with Crippen LogP contribution >= 0.6 is 0 Å². The highest BCUT2D eigenvalue weighted by Gasteiger charge is 2.35.